The average molecular weight is 341 g/mol. The predicted octanol–water partition coefficient (Wildman–Crippen LogP) is 3.87. The standard InChI is InChI=1S/C13H13BrN2O2S/c1-7-6-10(9(3)18-7)13(17)16-15-8(2)11-4-5-12(14)19-11/h4-6H,1-3H3,(H,16,17). The molecule has 2 heterocycles. The van der Waals surface area contributed by atoms with Gasteiger partial charge in [-0.25, -0.2) is 5.43 Å². The molecular formula is C13H13BrN2O2S. The van der Waals surface area contributed by atoms with Crippen LogP contribution in [0.4, 0.5) is 0 Å². The number of nitrogens with one attached hydrogen (secondary N) is 1. The highest BCUT2D eigenvalue weighted by Crippen LogP contribution is 2.22. The molecule has 0 aromatic carbocycles. The summed E-state index contributed by atoms with van der Waals surface area (Å²) < 4.78 is 6.35. The molecule has 0 fully saturated rings. The summed E-state index contributed by atoms with van der Waals surface area (Å²) in [5.74, 6) is 1.05. The number of hydrogen-bond acceptors (Lipinski definition) is 4. The lowest BCUT2D eigenvalue weighted by Crippen LogP contribution is -2.19. The van der Waals surface area contributed by atoms with Gasteiger partial charge in [-0.05, 0) is 54.9 Å². The monoisotopic (exact) mass is 340 g/mol. The molecule has 2 aromatic rings. The van der Waals surface area contributed by atoms with Gasteiger partial charge >= 0.3 is 0 Å². The van der Waals surface area contributed by atoms with Crippen molar-refractivity contribution in [2.75, 3.05) is 0 Å². The van der Waals surface area contributed by atoms with E-state index in [1.54, 1.807) is 24.3 Å². The molecule has 0 saturated carbocycles. The maximum atomic E-state index is 11.9. The number of nitrogens with zero attached hydrogens (tertiary/aromatic N) is 1. The van der Waals surface area contributed by atoms with Crippen LogP contribution in [-0.2, 0) is 0 Å². The summed E-state index contributed by atoms with van der Waals surface area (Å²) in [6.45, 7) is 5.42. The molecule has 1 amide bonds. The van der Waals surface area contributed by atoms with Crippen LogP contribution >= 0.6 is 27.3 Å². The Hall–Kier alpha value is -1.40. The Morgan fingerprint density at radius 3 is 2.68 bits per heavy atom. The van der Waals surface area contributed by atoms with E-state index < -0.39 is 0 Å². The Balaban J connectivity index is 2.10. The zero-order chi connectivity index (χ0) is 14.0. The molecular weight excluding hydrogens is 328 g/mol. The largest absolute Gasteiger partial charge is 0.466 e. The van der Waals surface area contributed by atoms with E-state index in [1.165, 1.54) is 0 Å². The average Bonchev–Trinajstić information content (AvgIpc) is 2.92. The lowest BCUT2D eigenvalue weighted by Gasteiger charge is -1.99. The molecule has 4 nitrogen and oxygen atoms in total. The zero-order valence-electron chi connectivity index (χ0n) is 10.8. The summed E-state index contributed by atoms with van der Waals surface area (Å²) in [4.78, 5) is 12.9. The van der Waals surface area contributed by atoms with Crippen molar-refractivity contribution >= 4 is 38.9 Å². The van der Waals surface area contributed by atoms with Gasteiger partial charge in [0.05, 0.1) is 19.9 Å². The van der Waals surface area contributed by atoms with E-state index in [2.05, 4.69) is 26.5 Å². The molecule has 1 N–H and O–H groups in total. The van der Waals surface area contributed by atoms with Crippen LogP contribution in [0.25, 0.3) is 0 Å². The van der Waals surface area contributed by atoms with E-state index in [1.807, 2.05) is 26.0 Å². The first-order chi connectivity index (χ1) is 8.97. The summed E-state index contributed by atoms with van der Waals surface area (Å²) >= 11 is 4.96. The molecule has 0 bridgehead atoms. The number of furan rings is 1. The molecule has 2 aromatic heterocycles. The number of aryl methyl sites for hydroxylation is 2. The second kappa shape index (κ2) is 5.71. The number of hydrogen-bond donors (Lipinski definition) is 1. The van der Waals surface area contributed by atoms with Crippen molar-refractivity contribution in [2.24, 2.45) is 5.10 Å². The number of thiophene rings is 1. The van der Waals surface area contributed by atoms with Crippen LogP contribution in [0.2, 0.25) is 0 Å². The Morgan fingerprint density at radius 1 is 1.42 bits per heavy atom. The molecule has 100 valence electrons. The van der Waals surface area contributed by atoms with Gasteiger partial charge in [-0.3, -0.25) is 4.79 Å². The maximum Gasteiger partial charge on any atom is 0.274 e. The number of rotatable bonds is 3. The van der Waals surface area contributed by atoms with Gasteiger partial charge in [-0.1, -0.05) is 0 Å². The molecule has 0 radical (unpaired) electrons. The quantitative estimate of drug-likeness (QED) is 0.680. The highest BCUT2D eigenvalue weighted by Gasteiger charge is 2.13. The van der Waals surface area contributed by atoms with E-state index in [0.29, 0.717) is 17.1 Å². The van der Waals surface area contributed by atoms with Crippen LogP contribution in [0.3, 0.4) is 0 Å². The van der Waals surface area contributed by atoms with Crippen LogP contribution in [0.5, 0.6) is 0 Å². The first-order valence-electron chi connectivity index (χ1n) is 5.64. The lowest BCUT2D eigenvalue weighted by atomic mass is 10.2. The molecule has 6 heteroatoms. The van der Waals surface area contributed by atoms with Crippen LogP contribution in [-0.4, -0.2) is 11.6 Å². The summed E-state index contributed by atoms with van der Waals surface area (Å²) in [5, 5.41) is 4.10. The normalized spacial score (nSPS) is 11.7. The molecule has 0 aliphatic heterocycles. The highest BCUT2D eigenvalue weighted by molar-refractivity contribution is 9.11. The Bertz CT molecular complexity index is 643. The number of amides is 1. The first kappa shape index (κ1) is 14.0. The number of carbonyl (C=O) groups excluding carboxylic acids is 1. The van der Waals surface area contributed by atoms with Crippen LogP contribution < -0.4 is 5.43 Å². The minimum absolute atomic E-state index is 0.260. The Morgan fingerprint density at radius 2 is 2.16 bits per heavy atom. The summed E-state index contributed by atoms with van der Waals surface area (Å²) in [5.41, 5.74) is 3.82. The van der Waals surface area contributed by atoms with Crippen LogP contribution in [0, 0.1) is 13.8 Å². The van der Waals surface area contributed by atoms with E-state index in [-0.39, 0.29) is 5.91 Å². The van der Waals surface area contributed by atoms with Crippen molar-refractivity contribution in [3.63, 3.8) is 0 Å². The smallest absolute Gasteiger partial charge is 0.274 e. The highest BCUT2D eigenvalue weighted by atomic mass is 79.9. The summed E-state index contributed by atoms with van der Waals surface area (Å²) in [6, 6.07) is 5.61. The van der Waals surface area contributed by atoms with Crippen molar-refractivity contribution in [2.45, 2.75) is 20.8 Å². The van der Waals surface area contributed by atoms with Gasteiger partial charge in [0.15, 0.2) is 0 Å². The minimum atomic E-state index is -0.260. The van der Waals surface area contributed by atoms with E-state index in [9.17, 15) is 4.79 Å². The van der Waals surface area contributed by atoms with Gasteiger partial charge < -0.3 is 4.42 Å². The van der Waals surface area contributed by atoms with E-state index in [0.717, 1.165) is 14.4 Å². The summed E-state index contributed by atoms with van der Waals surface area (Å²) in [7, 11) is 0. The van der Waals surface area contributed by atoms with Gasteiger partial charge in [0, 0.05) is 0 Å². The van der Waals surface area contributed by atoms with Gasteiger partial charge in [-0.15, -0.1) is 11.3 Å². The molecule has 0 aliphatic rings. The zero-order valence-corrected chi connectivity index (χ0v) is 13.2. The third-order valence-electron chi connectivity index (χ3n) is 2.54. The molecule has 0 atom stereocenters. The molecule has 0 aliphatic carbocycles. The minimum Gasteiger partial charge on any atom is -0.466 e. The molecule has 0 saturated heterocycles. The fourth-order valence-corrected chi connectivity index (χ4v) is 2.95. The van der Waals surface area contributed by atoms with E-state index >= 15 is 0 Å². The van der Waals surface area contributed by atoms with Crippen LogP contribution in [0.15, 0.2) is 31.5 Å². The fourth-order valence-electron chi connectivity index (χ4n) is 1.61. The van der Waals surface area contributed by atoms with Crippen molar-refractivity contribution in [1.82, 2.24) is 5.43 Å². The topological polar surface area (TPSA) is 54.6 Å². The molecule has 0 spiro atoms. The first-order valence-corrected chi connectivity index (χ1v) is 7.25. The number of halogens is 1. The van der Waals surface area contributed by atoms with Crippen molar-refractivity contribution < 1.29 is 9.21 Å². The van der Waals surface area contributed by atoms with E-state index in [4.69, 9.17) is 4.42 Å². The number of hydrazone groups is 1. The third kappa shape index (κ3) is 3.33. The number of carbonyl (C=O) groups is 1. The summed E-state index contributed by atoms with van der Waals surface area (Å²) in [6.07, 6.45) is 0. The second-order valence-electron chi connectivity index (χ2n) is 4.07. The second-order valence-corrected chi connectivity index (χ2v) is 6.53. The van der Waals surface area contributed by atoms with Gasteiger partial charge in [-0.2, -0.15) is 5.10 Å². The van der Waals surface area contributed by atoms with Crippen molar-refractivity contribution in [3.05, 3.63) is 43.9 Å². The molecule has 2 rings (SSSR count). The van der Waals surface area contributed by atoms with Crippen LogP contribution in [0.1, 0.15) is 33.7 Å². The molecule has 0 unspecified atom stereocenters. The predicted molar refractivity (Wildman–Crippen MR) is 79.9 cm³/mol. The van der Waals surface area contributed by atoms with Gasteiger partial charge in [0.25, 0.3) is 5.91 Å². The Labute approximate surface area is 123 Å². The maximum absolute atomic E-state index is 11.9. The van der Waals surface area contributed by atoms with Gasteiger partial charge in [0.1, 0.15) is 11.5 Å². The SMILES string of the molecule is CC(=NNC(=O)c1cc(C)oc1C)c1ccc(Br)s1. The lowest BCUT2D eigenvalue weighted by molar-refractivity contribution is 0.0953. The fraction of sp³-hybridized carbons (Fsp3) is 0.231. The van der Waals surface area contributed by atoms with Crippen molar-refractivity contribution in [3.8, 4) is 0 Å². The van der Waals surface area contributed by atoms with Crippen molar-refractivity contribution in [1.29, 1.82) is 0 Å². The molecule has 19 heavy (non-hydrogen) atoms. The van der Waals surface area contributed by atoms with Gasteiger partial charge in [0.2, 0.25) is 0 Å². The third-order valence-corrected chi connectivity index (χ3v) is 4.27. The Kier molecular flexibility index (Phi) is 4.21.